The highest BCUT2D eigenvalue weighted by molar-refractivity contribution is 7.99. The first kappa shape index (κ1) is 19.4. The molecule has 0 saturated carbocycles. The molecule has 0 spiro atoms. The molecule has 4 aromatic rings. The van der Waals surface area contributed by atoms with Crippen LogP contribution in [0.1, 0.15) is 11.3 Å². The number of anilines is 1. The van der Waals surface area contributed by atoms with Gasteiger partial charge >= 0.3 is 0 Å². The van der Waals surface area contributed by atoms with Crippen LogP contribution in [-0.4, -0.2) is 21.6 Å². The maximum absolute atomic E-state index is 12.2. The monoisotopic (exact) mass is 421 g/mol. The van der Waals surface area contributed by atoms with Crippen molar-refractivity contribution in [3.05, 3.63) is 77.5 Å². The summed E-state index contributed by atoms with van der Waals surface area (Å²) in [5.41, 5.74) is 4.88. The minimum atomic E-state index is -0.0772. The molecule has 7 heteroatoms. The number of nitrogens with one attached hydrogen (secondary N) is 1. The van der Waals surface area contributed by atoms with Gasteiger partial charge in [0.2, 0.25) is 11.8 Å². The van der Waals surface area contributed by atoms with E-state index in [1.165, 1.54) is 28.7 Å². The number of carbonyl (C=O) groups is 1. The van der Waals surface area contributed by atoms with Crippen molar-refractivity contribution in [2.75, 3.05) is 11.1 Å². The number of thiazole rings is 1. The normalized spacial score (nSPS) is 10.8. The molecule has 5 nitrogen and oxygen atoms in total. The Morgan fingerprint density at radius 2 is 1.86 bits per heavy atom. The molecule has 0 unspecified atom stereocenters. The van der Waals surface area contributed by atoms with Gasteiger partial charge in [-0.1, -0.05) is 48.0 Å². The van der Waals surface area contributed by atoms with Crippen LogP contribution in [0, 0.1) is 6.92 Å². The van der Waals surface area contributed by atoms with Crippen molar-refractivity contribution >= 4 is 34.1 Å². The minimum absolute atomic E-state index is 0.0772. The predicted octanol–water partition coefficient (Wildman–Crippen LogP) is 5.65. The number of benzene rings is 2. The second-order valence-electron chi connectivity index (χ2n) is 6.45. The molecular formula is C22H19N3O2S2. The summed E-state index contributed by atoms with van der Waals surface area (Å²) in [6, 6.07) is 17.9. The predicted molar refractivity (Wildman–Crippen MR) is 119 cm³/mol. The Bertz CT molecular complexity index is 1090. The average Bonchev–Trinajstić information content (AvgIpc) is 3.39. The molecule has 0 aliphatic carbocycles. The quantitative estimate of drug-likeness (QED) is 0.418. The fourth-order valence-electron chi connectivity index (χ4n) is 2.68. The lowest BCUT2D eigenvalue weighted by molar-refractivity contribution is -0.113. The highest BCUT2D eigenvalue weighted by Crippen LogP contribution is 2.25. The first-order valence-corrected chi connectivity index (χ1v) is 11.1. The Morgan fingerprint density at radius 3 is 2.66 bits per heavy atom. The van der Waals surface area contributed by atoms with Crippen molar-refractivity contribution in [3.8, 4) is 22.7 Å². The first-order valence-electron chi connectivity index (χ1n) is 9.07. The van der Waals surface area contributed by atoms with Gasteiger partial charge in [0, 0.05) is 22.3 Å². The van der Waals surface area contributed by atoms with Crippen molar-refractivity contribution in [1.29, 1.82) is 0 Å². The van der Waals surface area contributed by atoms with Crippen LogP contribution in [0.15, 0.2) is 70.7 Å². The SMILES string of the molecule is Cc1ccc(-c2csc(NC(=O)CSCc3coc(-c4ccccc4)n3)n2)cc1. The first-order chi connectivity index (χ1) is 14.2. The van der Waals surface area contributed by atoms with E-state index in [2.05, 4.69) is 34.3 Å². The van der Waals surface area contributed by atoms with Crippen molar-refractivity contribution in [2.24, 2.45) is 0 Å². The van der Waals surface area contributed by atoms with Crippen LogP contribution in [0.3, 0.4) is 0 Å². The van der Waals surface area contributed by atoms with E-state index in [0.717, 1.165) is 22.5 Å². The van der Waals surface area contributed by atoms with Gasteiger partial charge in [0.25, 0.3) is 0 Å². The Labute approximate surface area is 177 Å². The molecule has 0 atom stereocenters. The number of hydrogen-bond acceptors (Lipinski definition) is 6. The maximum Gasteiger partial charge on any atom is 0.236 e. The summed E-state index contributed by atoms with van der Waals surface area (Å²) in [5.74, 6) is 1.45. The largest absolute Gasteiger partial charge is 0.444 e. The lowest BCUT2D eigenvalue weighted by atomic mass is 10.1. The van der Waals surface area contributed by atoms with Crippen LogP contribution in [0.2, 0.25) is 0 Å². The van der Waals surface area contributed by atoms with Gasteiger partial charge in [-0.25, -0.2) is 9.97 Å². The molecule has 0 radical (unpaired) electrons. The van der Waals surface area contributed by atoms with Crippen LogP contribution < -0.4 is 5.32 Å². The highest BCUT2D eigenvalue weighted by Gasteiger charge is 2.10. The number of nitrogens with zero attached hydrogens (tertiary/aromatic N) is 2. The van der Waals surface area contributed by atoms with Crippen LogP contribution in [0.25, 0.3) is 22.7 Å². The van der Waals surface area contributed by atoms with E-state index in [-0.39, 0.29) is 5.91 Å². The zero-order valence-electron chi connectivity index (χ0n) is 15.8. The standard InChI is InChI=1S/C22H19N3O2S2/c1-15-7-9-16(10-8-15)19-13-29-22(24-19)25-20(26)14-28-12-18-11-27-21(23-18)17-5-3-2-4-6-17/h2-11,13H,12,14H2,1H3,(H,24,25,26). The molecule has 0 fully saturated rings. The van der Waals surface area contributed by atoms with E-state index in [4.69, 9.17) is 4.42 Å². The van der Waals surface area contributed by atoms with Crippen molar-refractivity contribution in [1.82, 2.24) is 9.97 Å². The van der Waals surface area contributed by atoms with Gasteiger partial charge in [-0.05, 0) is 19.1 Å². The molecule has 146 valence electrons. The number of amides is 1. The summed E-state index contributed by atoms with van der Waals surface area (Å²) in [6.45, 7) is 2.05. The Balaban J connectivity index is 1.27. The molecule has 2 aromatic heterocycles. The number of thioether (sulfide) groups is 1. The molecule has 0 bridgehead atoms. The number of rotatable bonds is 7. The van der Waals surface area contributed by atoms with E-state index < -0.39 is 0 Å². The summed E-state index contributed by atoms with van der Waals surface area (Å²) >= 11 is 2.92. The van der Waals surface area contributed by atoms with E-state index in [9.17, 15) is 4.79 Å². The highest BCUT2D eigenvalue weighted by atomic mass is 32.2. The fraction of sp³-hybridized carbons (Fsp3) is 0.136. The number of aromatic nitrogens is 2. The number of oxazole rings is 1. The second-order valence-corrected chi connectivity index (χ2v) is 8.30. The maximum atomic E-state index is 12.2. The Hall–Kier alpha value is -2.90. The van der Waals surface area contributed by atoms with E-state index in [1.807, 2.05) is 47.8 Å². The lowest BCUT2D eigenvalue weighted by Crippen LogP contribution is -2.14. The van der Waals surface area contributed by atoms with Gasteiger partial charge in [-0.2, -0.15) is 0 Å². The Kier molecular flexibility index (Phi) is 6.07. The molecule has 29 heavy (non-hydrogen) atoms. The third-order valence-electron chi connectivity index (χ3n) is 4.15. The van der Waals surface area contributed by atoms with Gasteiger partial charge in [0.05, 0.1) is 17.1 Å². The van der Waals surface area contributed by atoms with Gasteiger partial charge < -0.3 is 9.73 Å². The average molecular weight is 422 g/mol. The molecule has 2 heterocycles. The molecule has 1 N–H and O–H groups in total. The van der Waals surface area contributed by atoms with Crippen LogP contribution in [0.4, 0.5) is 5.13 Å². The third-order valence-corrected chi connectivity index (χ3v) is 5.88. The van der Waals surface area contributed by atoms with Gasteiger partial charge in [-0.15, -0.1) is 23.1 Å². The van der Waals surface area contributed by atoms with E-state index in [0.29, 0.717) is 22.5 Å². The third kappa shape index (κ3) is 5.13. The number of carbonyl (C=O) groups excluding carboxylic acids is 1. The Morgan fingerprint density at radius 1 is 1.07 bits per heavy atom. The van der Waals surface area contributed by atoms with E-state index in [1.54, 1.807) is 6.26 Å². The van der Waals surface area contributed by atoms with Crippen molar-refractivity contribution in [2.45, 2.75) is 12.7 Å². The topological polar surface area (TPSA) is 68.0 Å². The zero-order valence-corrected chi connectivity index (χ0v) is 17.4. The molecule has 1 amide bonds. The number of aryl methyl sites for hydroxylation is 1. The van der Waals surface area contributed by atoms with Crippen molar-refractivity contribution in [3.63, 3.8) is 0 Å². The minimum Gasteiger partial charge on any atom is -0.444 e. The summed E-state index contributed by atoms with van der Waals surface area (Å²) < 4.78 is 5.52. The number of hydrogen-bond donors (Lipinski definition) is 1. The second kappa shape index (κ2) is 9.07. The van der Waals surface area contributed by atoms with Crippen LogP contribution >= 0.6 is 23.1 Å². The summed E-state index contributed by atoms with van der Waals surface area (Å²) in [7, 11) is 0. The fourth-order valence-corrected chi connectivity index (χ4v) is 4.12. The van der Waals surface area contributed by atoms with Crippen molar-refractivity contribution < 1.29 is 9.21 Å². The molecule has 2 aromatic carbocycles. The van der Waals surface area contributed by atoms with Gasteiger partial charge in [-0.3, -0.25) is 4.79 Å². The molecule has 0 aliphatic heterocycles. The van der Waals surface area contributed by atoms with Crippen LogP contribution in [-0.2, 0) is 10.5 Å². The summed E-state index contributed by atoms with van der Waals surface area (Å²) in [6.07, 6.45) is 1.64. The summed E-state index contributed by atoms with van der Waals surface area (Å²) in [5, 5.41) is 5.43. The van der Waals surface area contributed by atoms with Crippen LogP contribution in [0.5, 0.6) is 0 Å². The molecular weight excluding hydrogens is 402 g/mol. The lowest BCUT2D eigenvalue weighted by Gasteiger charge is -2.01. The molecule has 0 aliphatic rings. The molecule has 4 rings (SSSR count). The van der Waals surface area contributed by atoms with Gasteiger partial charge in [0.1, 0.15) is 6.26 Å². The van der Waals surface area contributed by atoms with E-state index >= 15 is 0 Å². The smallest absolute Gasteiger partial charge is 0.236 e. The zero-order chi connectivity index (χ0) is 20.1. The van der Waals surface area contributed by atoms with Gasteiger partial charge in [0.15, 0.2) is 5.13 Å². The molecule has 0 saturated heterocycles. The summed E-state index contributed by atoms with van der Waals surface area (Å²) in [4.78, 5) is 21.2.